The number of carbonyl (C=O) groups is 1. The van der Waals surface area contributed by atoms with E-state index >= 15 is 0 Å². The van der Waals surface area contributed by atoms with Crippen molar-refractivity contribution < 1.29 is 4.79 Å². The Morgan fingerprint density at radius 2 is 2.19 bits per heavy atom. The fraction of sp³-hybridized carbons (Fsp3) is 0.357. The molecule has 0 amide bonds. The van der Waals surface area contributed by atoms with Crippen LogP contribution in [-0.2, 0) is 17.8 Å². The van der Waals surface area contributed by atoms with Gasteiger partial charge in [-0.1, -0.05) is 18.2 Å². The van der Waals surface area contributed by atoms with E-state index in [1.165, 1.54) is 16.7 Å². The van der Waals surface area contributed by atoms with E-state index in [2.05, 4.69) is 29.6 Å². The van der Waals surface area contributed by atoms with E-state index in [1.54, 1.807) is 6.92 Å². The number of rotatable bonds is 3. The van der Waals surface area contributed by atoms with Crippen molar-refractivity contribution in [1.29, 1.82) is 0 Å². The zero-order chi connectivity index (χ0) is 11.5. The van der Waals surface area contributed by atoms with E-state index in [1.807, 2.05) is 7.05 Å². The van der Waals surface area contributed by atoms with E-state index in [0.717, 1.165) is 25.0 Å². The summed E-state index contributed by atoms with van der Waals surface area (Å²) >= 11 is 0. The second-order valence-electron chi connectivity index (χ2n) is 4.25. The number of aryl methyl sites for hydroxylation is 1. The average Bonchev–Trinajstić information content (AvgIpc) is 2.29. The maximum Gasteiger partial charge on any atom is 0.155 e. The number of nitrogens with one attached hydrogen (secondary N) is 1. The Morgan fingerprint density at radius 1 is 1.38 bits per heavy atom. The van der Waals surface area contributed by atoms with E-state index in [4.69, 9.17) is 0 Å². The van der Waals surface area contributed by atoms with Crippen LogP contribution in [0, 0.1) is 0 Å². The molecule has 0 aliphatic heterocycles. The van der Waals surface area contributed by atoms with Gasteiger partial charge in [-0.2, -0.15) is 0 Å². The Balaban J connectivity index is 2.45. The molecule has 2 heteroatoms. The Labute approximate surface area is 96.4 Å². The van der Waals surface area contributed by atoms with Crippen molar-refractivity contribution in [3.05, 3.63) is 40.5 Å². The zero-order valence-electron chi connectivity index (χ0n) is 9.84. The molecule has 0 aromatic heterocycles. The highest BCUT2D eigenvalue weighted by Gasteiger charge is 2.15. The number of Topliss-reactive ketones (excluding diaryl/α,β-unsaturated/α-hetero) is 1. The number of hydrogen-bond donors (Lipinski definition) is 1. The molecule has 84 valence electrons. The van der Waals surface area contributed by atoms with Crippen LogP contribution in [0.15, 0.2) is 23.8 Å². The summed E-state index contributed by atoms with van der Waals surface area (Å²) in [6.07, 6.45) is 3.93. The van der Waals surface area contributed by atoms with Gasteiger partial charge >= 0.3 is 0 Å². The van der Waals surface area contributed by atoms with Crippen LogP contribution in [0.25, 0.3) is 6.08 Å². The number of carbonyl (C=O) groups excluding carboxylic acids is 1. The topological polar surface area (TPSA) is 29.1 Å². The summed E-state index contributed by atoms with van der Waals surface area (Å²) in [7, 11) is 1.94. The molecule has 0 bridgehead atoms. The lowest BCUT2D eigenvalue weighted by atomic mass is 9.88. The highest BCUT2D eigenvalue weighted by atomic mass is 16.1. The fourth-order valence-electron chi connectivity index (χ4n) is 2.21. The quantitative estimate of drug-likeness (QED) is 0.838. The summed E-state index contributed by atoms with van der Waals surface area (Å²) in [5.41, 5.74) is 4.83. The van der Waals surface area contributed by atoms with Crippen LogP contribution in [0.4, 0.5) is 0 Å². The van der Waals surface area contributed by atoms with E-state index < -0.39 is 0 Å². The molecule has 0 radical (unpaired) electrons. The molecule has 2 rings (SSSR count). The number of allylic oxidation sites excluding steroid dienone is 1. The first-order valence-corrected chi connectivity index (χ1v) is 5.69. The van der Waals surface area contributed by atoms with Gasteiger partial charge in [0, 0.05) is 6.54 Å². The molecule has 0 heterocycles. The predicted octanol–water partition coefficient (Wildman–Crippen LogP) is 2.32. The molecule has 1 aliphatic rings. The van der Waals surface area contributed by atoms with Gasteiger partial charge < -0.3 is 5.32 Å². The molecule has 1 aromatic rings. The van der Waals surface area contributed by atoms with Gasteiger partial charge in [0.25, 0.3) is 0 Å². The number of ketones is 1. The van der Waals surface area contributed by atoms with Crippen molar-refractivity contribution in [2.75, 3.05) is 7.05 Å². The highest BCUT2D eigenvalue weighted by molar-refractivity contribution is 5.98. The summed E-state index contributed by atoms with van der Waals surface area (Å²) in [6, 6.07) is 6.37. The zero-order valence-corrected chi connectivity index (χ0v) is 9.84. The SMILES string of the molecule is CNCc1cccc2c1C=C(C(C)=O)CC2. The molecule has 1 aromatic carbocycles. The van der Waals surface area contributed by atoms with Crippen LogP contribution >= 0.6 is 0 Å². The molecular weight excluding hydrogens is 198 g/mol. The molecule has 0 fully saturated rings. The van der Waals surface area contributed by atoms with Crippen molar-refractivity contribution >= 4 is 11.9 Å². The highest BCUT2D eigenvalue weighted by Crippen LogP contribution is 2.27. The average molecular weight is 215 g/mol. The van der Waals surface area contributed by atoms with Gasteiger partial charge in [0.1, 0.15) is 0 Å². The van der Waals surface area contributed by atoms with Crippen LogP contribution < -0.4 is 5.32 Å². The van der Waals surface area contributed by atoms with Gasteiger partial charge in [0.05, 0.1) is 0 Å². The van der Waals surface area contributed by atoms with Gasteiger partial charge in [0.2, 0.25) is 0 Å². The molecule has 0 saturated heterocycles. The summed E-state index contributed by atoms with van der Waals surface area (Å²) in [5, 5.41) is 3.16. The standard InChI is InChI=1S/C14H17NO/c1-10(16)12-7-6-11-4-3-5-13(9-15-2)14(11)8-12/h3-5,8,15H,6-7,9H2,1-2H3. The van der Waals surface area contributed by atoms with E-state index in [9.17, 15) is 4.79 Å². The Hall–Kier alpha value is -1.41. The van der Waals surface area contributed by atoms with Gasteiger partial charge in [0.15, 0.2) is 5.78 Å². The predicted molar refractivity (Wildman–Crippen MR) is 66.2 cm³/mol. The normalized spacial score (nSPS) is 14.2. The lowest BCUT2D eigenvalue weighted by Gasteiger charge is -2.18. The molecule has 0 atom stereocenters. The summed E-state index contributed by atoms with van der Waals surface area (Å²) in [5.74, 6) is 0.199. The smallest absolute Gasteiger partial charge is 0.155 e. The molecule has 0 unspecified atom stereocenters. The van der Waals surface area contributed by atoms with Crippen molar-refractivity contribution in [3.63, 3.8) is 0 Å². The Kier molecular flexibility index (Phi) is 3.20. The first kappa shape index (κ1) is 11.1. The third kappa shape index (κ3) is 2.07. The molecule has 1 aliphatic carbocycles. The maximum absolute atomic E-state index is 11.4. The Morgan fingerprint density at radius 3 is 2.88 bits per heavy atom. The van der Waals surface area contributed by atoms with E-state index in [0.29, 0.717) is 0 Å². The van der Waals surface area contributed by atoms with Crippen molar-refractivity contribution in [3.8, 4) is 0 Å². The third-order valence-electron chi connectivity index (χ3n) is 3.09. The molecule has 0 spiro atoms. The minimum atomic E-state index is 0.199. The minimum Gasteiger partial charge on any atom is -0.316 e. The molecule has 16 heavy (non-hydrogen) atoms. The lowest BCUT2D eigenvalue weighted by molar-refractivity contribution is -0.113. The molecule has 1 N–H and O–H groups in total. The lowest BCUT2D eigenvalue weighted by Crippen LogP contribution is -2.11. The molecule has 0 saturated carbocycles. The van der Waals surface area contributed by atoms with Gasteiger partial charge in [-0.05, 0) is 55.2 Å². The van der Waals surface area contributed by atoms with Crippen LogP contribution in [0.5, 0.6) is 0 Å². The molecule has 2 nitrogen and oxygen atoms in total. The van der Waals surface area contributed by atoms with E-state index in [-0.39, 0.29) is 5.78 Å². The Bertz CT molecular complexity index is 446. The first-order valence-electron chi connectivity index (χ1n) is 5.69. The van der Waals surface area contributed by atoms with Crippen LogP contribution in [0.3, 0.4) is 0 Å². The maximum atomic E-state index is 11.4. The van der Waals surface area contributed by atoms with Gasteiger partial charge in [-0.15, -0.1) is 0 Å². The van der Waals surface area contributed by atoms with Gasteiger partial charge in [-0.3, -0.25) is 4.79 Å². The minimum absolute atomic E-state index is 0.199. The number of fused-ring (bicyclic) bond motifs is 1. The fourth-order valence-corrected chi connectivity index (χ4v) is 2.21. The largest absolute Gasteiger partial charge is 0.316 e. The van der Waals surface area contributed by atoms with Gasteiger partial charge in [-0.25, -0.2) is 0 Å². The monoisotopic (exact) mass is 215 g/mol. The molecular formula is C14H17NO. The second-order valence-corrected chi connectivity index (χ2v) is 4.25. The third-order valence-corrected chi connectivity index (χ3v) is 3.09. The summed E-state index contributed by atoms with van der Waals surface area (Å²) in [6.45, 7) is 2.50. The first-order chi connectivity index (χ1) is 7.72. The summed E-state index contributed by atoms with van der Waals surface area (Å²) in [4.78, 5) is 11.4. The van der Waals surface area contributed by atoms with Crippen LogP contribution in [-0.4, -0.2) is 12.8 Å². The van der Waals surface area contributed by atoms with Crippen molar-refractivity contribution in [2.45, 2.75) is 26.3 Å². The number of benzene rings is 1. The summed E-state index contributed by atoms with van der Waals surface area (Å²) < 4.78 is 0. The van der Waals surface area contributed by atoms with Crippen molar-refractivity contribution in [1.82, 2.24) is 5.32 Å². The second kappa shape index (κ2) is 4.62. The van der Waals surface area contributed by atoms with Crippen LogP contribution in [0.1, 0.15) is 30.0 Å². The van der Waals surface area contributed by atoms with Crippen LogP contribution in [0.2, 0.25) is 0 Å². The van der Waals surface area contributed by atoms with Crippen molar-refractivity contribution in [2.24, 2.45) is 0 Å². The number of hydrogen-bond acceptors (Lipinski definition) is 2.